The first-order chi connectivity index (χ1) is 23.7. The molecule has 1 nitrogen and oxygen atoms in total. The van der Waals surface area contributed by atoms with Crippen molar-refractivity contribution in [3.8, 4) is 22.3 Å². The molecule has 0 amide bonds. The van der Waals surface area contributed by atoms with E-state index in [1.807, 2.05) is 97.1 Å². The van der Waals surface area contributed by atoms with Gasteiger partial charge in [0, 0.05) is 10.8 Å². The maximum absolute atomic E-state index is 9.31. The minimum Gasteiger partial charge on any atom is -0.456 e. The van der Waals surface area contributed by atoms with Crippen LogP contribution in [0, 0.1) is 0 Å². The van der Waals surface area contributed by atoms with Crippen molar-refractivity contribution in [1.29, 1.82) is 0 Å². The molecule has 0 saturated heterocycles. The monoisotopic (exact) mass is 528 g/mol. The molecule has 0 atom stereocenters. The van der Waals surface area contributed by atoms with Crippen molar-refractivity contribution in [3.63, 3.8) is 0 Å². The summed E-state index contributed by atoms with van der Waals surface area (Å²) in [6, 6.07) is 27.9. The molecule has 8 aromatic carbocycles. The third-order valence-corrected chi connectivity index (χ3v) is 8.06. The first kappa shape index (κ1) is 16.0. The van der Waals surface area contributed by atoms with E-state index in [-0.39, 0.29) is 45.7 Å². The second kappa shape index (κ2) is 8.55. The quantitative estimate of drug-likeness (QED) is 0.203. The fourth-order valence-electron chi connectivity index (χ4n) is 6.24. The van der Waals surface area contributed by atoms with Crippen LogP contribution in [0.1, 0.15) is 11.0 Å². The van der Waals surface area contributed by atoms with Gasteiger partial charge in [0.2, 0.25) is 0 Å². The lowest BCUT2D eigenvalue weighted by Gasteiger charge is -2.19. The van der Waals surface area contributed by atoms with E-state index in [1.165, 1.54) is 0 Å². The lowest BCUT2D eigenvalue weighted by Crippen LogP contribution is -1.91. The van der Waals surface area contributed by atoms with E-state index >= 15 is 0 Å². The highest BCUT2D eigenvalue weighted by molar-refractivity contribution is 6.24. The third-order valence-electron chi connectivity index (χ3n) is 8.06. The molecule has 0 saturated carbocycles. The summed E-state index contributed by atoms with van der Waals surface area (Å²) in [7, 11) is 0. The zero-order valence-electron chi connectivity index (χ0n) is 29.6. The van der Waals surface area contributed by atoms with Gasteiger partial charge in [-0.2, -0.15) is 0 Å². The van der Waals surface area contributed by atoms with E-state index in [1.54, 1.807) is 0 Å². The number of furan rings is 1. The van der Waals surface area contributed by atoms with Gasteiger partial charge in [0.05, 0.1) is 11.0 Å². The molecule has 190 valence electrons. The standard InChI is InChI=1S/C40H24O/c1-2-11-26-22-28(21-20-25(26)10-1)39-30-14-3-5-16-32(30)40(33-17-6-4-15-31(33)39)34-18-9-12-27-23-36-29-13-7-8-19-37(29)41-38(36)24-35(27)34/h1-24H/i3D,4D,5D,6D,14D,15D,16D,17D. The lowest BCUT2D eigenvalue weighted by molar-refractivity contribution is 0.669. The van der Waals surface area contributed by atoms with Crippen molar-refractivity contribution in [2.45, 2.75) is 0 Å². The van der Waals surface area contributed by atoms with Crippen LogP contribution in [0.15, 0.2) is 150 Å². The molecule has 9 aromatic rings. The van der Waals surface area contributed by atoms with Crippen LogP contribution in [0.2, 0.25) is 0 Å². The number of benzene rings is 8. The van der Waals surface area contributed by atoms with E-state index in [4.69, 9.17) is 9.90 Å². The van der Waals surface area contributed by atoms with E-state index in [2.05, 4.69) is 0 Å². The molecule has 0 spiro atoms. The molecule has 1 aromatic heterocycles. The van der Waals surface area contributed by atoms with Crippen LogP contribution in [0.5, 0.6) is 0 Å². The number of hydrogen-bond donors (Lipinski definition) is 0. The summed E-state index contributed by atoms with van der Waals surface area (Å²) in [6.07, 6.45) is 0. The summed E-state index contributed by atoms with van der Waals surface area (Å²) in [4.78, 5) is 0. The van der Waals surface area contributed by atoms with Crippen LogP contribution in [0.3, 0.4) is 0 Å². The molecule has 1 heterocycles. The summed E-state index contributed by atoms with van der Waals surface area (Å²) in [5.74, 6) is 0. The average Bonchev–Trinajstić information content (AvgIpc) is 3.49. The molecule has 0 N–H and O–H groups in total. The van der Waals surface area contributed by atoms with Crippen LogP contribution in [0.25, 0.3) is 87.3 Å². The van der Waals surface area contributed by atoms with Crippen molar-refractivity contribution in [2.24, 2.45) is 0 Å². The molecule has 0 aliphatic carbocycles. The largest absolute Gasteiger partial charge is 0.456 e. The third kappa shape index (κ3) is 3.30. The molecule has 0 radical (unpaired) electrons. The number of fused-ring (bicyclic) bond motifs is 7. The van der Waals surface area contributed by atoms with Crippen molar-refractivity contribution < 1.29 is 15.4 Å². The maximum atomic E-state index is 9.31. The highest BCUT2D eigenvalue weighted by atomic mass is 16.3. The normalized spacial score (nSPS) is 14.6. The summed E-state index contributed by atoms with van der Waals surface area (Å²) in [6.45, 7) is 0. The lowest BCUT2D eigenvalue weighted by atomic mass is 9.84. The minimum absolute atomic E-state index is 0.184. The number of hydrogen-bond acceptors (Lipinski definition) is 1. The molecule has 1 heteroatoms. The Morgan fingerprint density at radius 2 is 1.07 bits per heavy atom. The molecule has 0 bridgehead atoms. The van der Waals surface area contributed by atoms with E-state index in [0.717, 1.165) is 37.9 Å². The van der Waals surface area contributed by atoms with E-state index in [0.29, 0.717) is 27.8 Å². The van der Waals surface area contributed by atoms with Gasteiger partial charge in [0.15, 0.2) is 0 Å². The zero-order valence-corrected chi connectivity index (χ0v) is 21.6. The fourth-order valence-corrected chi connectivity index (χ4v) is 6.24. The molecule has 0 aliphatic rings. The molecule has 0 fully saturated rings. The smallest absolute Gasteiger partial charge is 0.136 e. The van der Waals surface area contributed by atoms with Gasteiger partial charge in [-0.15, -0.1) is 0 Å². The predicted molar refractivity (Wildman–Crippen MR) is 175 cm³/mol. The number of para-hydroxylation sites is 1. The van der Waals surface area contributed by atoms with Crippen LogP contribution < -0.4 is 0 Å². The van der Waals surface area contributed by atoms with Crippen molar-refractivity contribution >= 4 is 65.0 Å². The molecule has 0 unspecified atom stereocenters. The van der Waals surface area contributed by atoms with Gasteiger partial charge >= 0.3 is 0 Å². The van der Waals surface area contributed by atoms with Gasteiger partial charge in [-0.3, -0.25) is 0 Å². The Morgan fingerprint density at radius 3 is 1.85 bits per heavy atom. The zero-order chi connectivity index (χ0) is 33.9. The molecule has 9 rings (SSSR count). The van der Waals surface area contributed by atoms with E-state index < -0.39 is 24.2 Å². The van der Waals surface area contributed by atoms with Gasteiger partial charge < -0.3 is 4.42 Å². The first-order valence-electron chi connectivity index (χ1n) is 17.4. The molecule has 0 aliphatic heterocycles. The topological polar surface area (TPSA) is 13.1 Å². The Kier molecular flexibility index (Phi) is 3.34. The Labute approximate surface area is 248 Å². The second-order valence-electron chi connectivity index (χ2n) is 10.3. The molecular weight excluding hydrogens is 496 g/mol. The molecular formula is C40H24O. The molecule has 41 heavy (non-hydrogen) atoms. The summed E-state index contributed by atoms with van der Waals surface area (Å²) in [5.41, 5.74) is 3.15. The number of rotatable bonds is 2. The predicted octanol–water partition coefficient (Wildman–Crippen LogP) is 11.5. The van der Waals surface area contributed by atoms with Crippen molar-refractivity contribution in [1.82, 2.24) is 0 Å². The SMILES string of the molecule is [2H]c1c([2H])c([2H])c2c(-c3cccc4cc5c(cc34)oc3ccccc35)c3c([2H])c([2H])c([2H])c([2H])c3c(-c3ccc4ccccc4c3)c2c1[2H]. The summed E-state index contributed by atoms with van der Waals surface area (Å²) < 4.78 is 78.4. The maximum Gasteiger partial charge on any atom is 0.136 e. The minimum atomic E-state index is -0.427. The van der Waals surface area contributed by atoms with Crippen LogP contribution in [-0.2, 0) is 0 Å². The fraction of sp³-hybridized carbons (Fsp3) is 0. The Bertz CT molecular complexity index is 2850. The van der Waals surface area contributed by atoms with Crippen molar-refractivity contribution in [3.05, 3.63) is 145 Å². The van der Waals surface area contributed by atoms with Gasteiger partial charge in [-0.1, -0.05) is 121 Å². The van der Waals surface area contributed by atoms with Crippen LogP contribution in [0.4, 0.5) is 0 Å². The van der Waals surface area contributed by atoms with Gasteiger partial charge in [0.1, 0.15) is 11.2 Å². The van der Waals surface area contributed by atoms with Gasteiger partial charge in [-0.25, -0.2) is 0 Å². The Balaban J connectivity index is 1.55. The van der Waals surface area contributed by atoms with Gasteiger partial charge in [-0.05, 0) is 89.6 Å². The van der Waals surface area contributed by atoms with Crippen molar-refractivity contribution in [2.75, 3.05) is 0 Å². The van der Waals surface area contributed by atoms with Crippen LogP contribution in [-0.4, -0.2) is 0 Å². The second-order valence-corrected chi connectivity index (χ2v) is 10.3. The van der Waals surface area contributed by atoms with Gasteiger partial charge in [0.25, 0.3) is 0 Å². The Hall–Kier alpha value is -5.40. The van der Waals surface area contributed by atoms with E-state index in [9.17, 15) is 5.48 Å². The highest BCUT2D eigenvalue weighted by Crippen LogP contribution is 2.46. The first-order valence-corrected chi connectivity index (χ1v) is 13.4. The summed E-state index contributed by atoms with van der Waals surface area (Å²) >= 11 is 0. The highest BCUT2D eigenvalue weighted by Gasteiger charge is 2.19. The average molecular weight is 529 g/mol. The summed E-state index contributed by atoms with van der Waals surface area (Å²) in [5, 5.41) is 6.05. The van der Waals surface area contributed by atoms with Crippen LogP contribution >= 0.6 is 0 Å². The Morgan fingerprint density at radius 1 is 0.415 bits per heavy atom.